The van der Waals surface area contributed by atoms with Crippen molar-refractivity contribution in [3.05, 3.63) is 47.0 Å². The van der Waals surface area contributed by atoms with E-state index in [0.717, 1.165) is 10.0 Å². The summed E-state index contributed by atoms with van der Waals surface area (Å²) in [5, 5.41) is 3.94. The summed E-state index contributed by atoms with van der Waals surface area (Å²) in [5.74, 6) is 0.114. The zero-order valence-corrected chi connectivity index (χ0v) is 10.1. The van der Waals surface area contributed by atoms with Crippen molar-refractivity contribution >= 4 is 21.7 Å². The van der Waals surface area contributed by atoms with Crippen molar-refractivity contribution in [1.29, 1.82) is 0 Å². The van der Waals surface area contributed by atoms with Crippen LogP contribution in [0.2, 0.25) is 0 Å². The SMILES string of the molecule is O=C(CCn1cncn1)c1ccc(Br)cc1. The lowest BCUT2D eigenvalue weighted by Crippen LogP contribution is -2.06. The van der Waals surface area contributed by atoms with E-state index in [0.29, 0.717) is 13.0 Å². The third kappa shape index (κ3) is 2.76. The van der Waals surface area contributed by atoms with Crippen LogP contribution in [-0.4, -0.2) is 20.5 Å². The first-order chi connectivity index (χ1) is 7.75. The highest BCUT2D eigenvalue weighted by atomic mass is 79.9. The van der Waals surface area contributed by atoms with Crippen LogP contribution >= 0.6 is 15.9 Å². The Morgan fingerprint density at radius 3 is 2.69 bits per heavy atom. The average Bonchev–Trinajstić information content (AvgIpc) is 2.80. The summed E-state index contributed by atoms with van der Waals surface area (Å²) >= 11 is 3.33. The quantitative estimate of drug-likeness (QED) is 0.807. The average molecular weight is 280 g/mol. The first-order valence-electron chi connectivity index (χ1n) is 4.87. The van der Waals surface area contributed by atoms with E-state index in [1.165, 1.54) is 6.33 Å². The molecule has 0 aliphatic rings. The highest BCUT2D eigenvalue weighted by Crippen LogP contribution is 2.12. The van der Waals surface area contributed by atoms with Gasteiger partial charge in [-0.15, -0.1) is 0 Å². The third-order valence-corrected chi connectivity index (χ3v) is 2.73. The monoisotopic (exact) mass is 279 g/mol. The number of Topliss-reactive ketones (excluding diaryl/α,β-unsaturated/α-hetero) is 1. The van der Waals surface area contributed by atoms with E-state index < -0.39 is 0 Å². The van der Waals surface area contributed by atoms with E-state index in [2.05, 4.69) is 26.0 Å². The molecule has 0 unspecified atom stereocenters. The number of nitrogens with zero attached hydrogens (tertiary/aromatic N) is 3. The van der Waals surface area contributed by atoms with Gasteiger partial charge < -0.3 is 0 Å². The van der Waals surface area contributed by atoms with Gasteiger partial charge in [0.15, 0.2) is 5.78 Å². The molecule has 0 aliphatic carbocycles. The van der Waals surface area contributed by atoms with Crippen LogP contribution in [0.4, 0.5) is 0 Å². The molecule has 0 fully saturated rings. The molecule has 0 saturated carbocycles. The highest BCUT2D eigenvalue weighted by Gasteiger charge is 2.05. The van der Waals surface area contributed by atoms with Gasteiger partial charge in [0, 0.05) is 23.0 Å². The maximum Gasteiger partial charge on any atom is 0.164 e. The van der Waals surface area contributed by atoms with Crippen LogP contribution < -0.4 is 0 Å². The molecular weight excluding hydrogens is 270 g/mol. The molecule has 0 N–H and O–H groups in total. The van der Waals surface area contributed by atoms with Crippen molar-refractivity contribution < 1.29 is 4.79 Å². The van der Waals surface area contributed by atoms with Gasteiger partial charge in [-0.1, -0.05) is 28.1 Å². The van der Waals surface area contributed by atoms with E-state index in [-0.39, 0.29) is 5.78 Å². The molecule has 1 heterocycles. The van der Waals surface area contributed by atoms with Crippen molar-refractivity contribution in [2.75, 3.05) is 0 Å². The van der Waals surface area contributed by atoms with Crippen molar-refractivity contribution in [2.24, 2.45) is 0 Å². The second-order valence-corrected chi connectivity index (χ2v) is 4.25. The van der Waals surface area contributed by atoms with Crippen LogP contribution in [-0.2, 0) is 6.54 Å². The molecule has 0 aliphatic heterocycles. The topological polar surface area (TPSA) is 47.8 Å². The molecule has 0 amide bonds. The molecule has 2 rings (SSSR count). The lowest BCUT2D eigenvalue weighted by atomic mass is 10.1. The van der Waals surface area contributed by atoms with Gasteiger partial charge >= 0.3 is 0 Å². The van der Waals surface area contributed by atoms with Crippen LogP contribution in [0.1, 0.15) is 16.8 Å². The van der Waals surface area contributed by atoms with E-state index in [9.17, 15) is 4.79 Å². The zero-order chi connectivity index (χ0) is 11.4. The van der Waals surface area contributed by atoms with Gasteiger partial charge in [-0.05, 0) is 12.1 Å². The molecule has 16 heavy (non-hydrogen) atoms. The first kappa shape index (κ1) is 11.0. The minimum Gasteiger partial charge on any atom is -0.294 e. The number of hydrogen-bond acceptors (Lipinski definition) is 3. The molecule has 0 spiro atoms. The summed E-state index contributed by atoms with van der Waals surface area (Å²) in [7, 11) is 0. The van der Waals surface area contributed by atoms with Gasteiger partial charge in [0.05, 0.1) is 0 Å². The van der Waals surface area contributed by atoms with E-state index in [1.807, 2.05) is 24.3 Å². The van der Waals surface area contributed by atoms with Crippen LogP contribution in [0.15, 0.2) is 41.4 Å². The Morgan fingerprint density at radius 1 is 1.31 bits per heavy atom. The number of benzene rings is 1. The predicted molar refractivity (Wildman–Crippen MR) is 63.1 cm³/mol. The molecular formula is C11H10BrN3O. The van der Waals surface area contributed by atoms with Gasteiger partial charge in [0.2, 0.25) is 0 Å². The number of ketones is 1. The molecule has 1 aromatic carbocycles. The van der Waals surface area contributed by atoms with Crippen molar-refractivity contribution in [2.45, 2.75) is 13.0 Å². The Balaban J connectivity index is 1.95. The summed E-state index contributed by atoms with van der Waals surface area (Å²) in [4.78, 5) is 15.6. The summed E-state index contributed by atoms with van der Waals surface area (Å²) in [6.07, 6.45) is 3.50. The maximum absolute atomic E-state index is 11.8. The number of aromatic nitrogens is 3. The number of aryl methyl sites for hydroxylation is 1. The Hall–Kier alpha value is -1.49. The molecule has 4 nitrogen and oxygen atoms in total. The summed E-state index contributed by atoms with van der Waals surface area (Å²) < 4.78 is 2.62. The largest absolute Gasteiger partial charge is 0.294 e. The summed E-state index contributed by atoms with van der Waals surface area (Å²) in [5.41, 5.74) is 0.725. The molecule has 0 radical (unpaired) electrons. The van der Waals surface area contributed by atoms with Crippen molar-refractivity contribution in [3.63, 3.8) is 0 Å². The predicted octanol–water partition coefficient (Wildman–Crippen LogP) is 2.31. The molecule has 1 aromatic heterocycles. The van der Waals surface area contributed by atoms with E-state index >= 15 is 0 Å². The van der Waals surface area contributed by atoms with Gasteiger partial charge in [0.1, 0.15) is 12.7 Å². The fourth-order valence-electron chi connectivity index (χ4n) is 1.34. The molecule has 82 valence electrons. The number of carbonyl (C=O) groups excluding carboxylic acids is 1. The number of hydrogen-bond donors (Lipinski definition) is 0. The van der Waals surface area contributed by atoms with Gasteiger partial charge in [-0.25, -0.2) is 4.98 Å². The molecule has 2 aromatic rings. The number of carbonyl (C=O) groups is 1. The lowest BCUT2D eigenvalue weighted by molar-refractivity contribution is 0.0975. The Bertz CT molecular complexity index is 464. The maximum atomic E-state index is 11.8. The second kappa shape index (κ2) is 5.03. The summed E-state index contributed by atoms with van der Waals surface area (Å²) in [6.45, 7) is 0.564. The zero-order valence-electron chi connectivity index (χ0n) is 8.51. The third-order valence-electron chi connectivity index (χ3n) is 2.20. The van der Waals surface area contributed by atoms with Crippen molar-refractivity contribution in [1.82, 2.24) is 14.8 Å². The first-order valence-corrected chi connectivity index (χ1v) is 5.66. The molecule has 0 bridgehead atoms. The highest BCUT2D eigenvalue weighted by molar-refractivity contribution is 9.10. The second-order valence-electron chi connectivity index (χ2n) is 3.34. The van der Waals surface area contributed by atoms with Crippen LogP contribution in [0.25, 0.3) is 0 Å². The van der Waals surface area contributed by atoms with Crippen LogP contribution in [0.5, 0.6) is 0 Å². The number of rotatable bonds is 4. The Labute approximate surface area is 101 Å². The van der Waals surface area contributed by atoms with E-state index in [4.69, 9.17) is 0 Å². The van der Waals surface area contributed by atoms with Crippen LogP contribution in [0.3, 0.4) is 0 Å². The minimum atomic E-state index is 0.114. The van der Waals surface area contributed by atoms with E-state index in [1.54, 1.807) is 11.0 Å². The van der Waals surface area contributed by atoms with Crippen molar-refractivity contribution in [3.8, 4) is 0 Å². The van der Waals surface area contributed by atoms with Crippen LogP contribution in [0, 0.1) is 0 Å². The molecule has 0 atom stereocenters. The Morgan fingerprint density at radius 2 is 2.06 bits per heavy atom. The Kier molecular flexibility index (Phi) is 3.46. The summed E-state index contributed by atoms with van der Waals surface area (Å²) in [6, 6.07) is 7.35. The molecule has 5 heteroatoms. The lowest BCUT2D eigenvalue weighted by Gasteiger charge is -2.01. The smallest absolute Gasteiger partial charge is 0.164 e. The minimum absolute atomic E-state index is 0.114. The van der Waals surface area contributed by atoms with Gasteiger partial charge in [0.25, 0.3) is 0 Å². The normalized spacial score (nSPS) is 10.3. The molecule has 0 saturated heterocycles. The number of halogens is 1. The van der Waals surface area contributed by atoms with Gasteiger partial charge in [-0.3, -0.25) is 9.48 Å². The fraction of sp³-hybridized carbons (Fsp3) is 0.182. The standard InChI is InChI=1S/C11H10BrN3O/c12-10-3-1-9(2-4-10)11(16)5-6-15-8-13-7-14-15/h1-4,7-8H,5-6H2. The fourth-order valence-corrected chi connectivity index (χ4v) is 1.61. The van der Waals surface area contributed by atoms with Gasteiger partial charge in [-0.2, -0.15) is 5.10 Å².